The number of benzene rings is 3. The quantitative estimate of drug-likeness (QED) is 0.494. The Balaban J connectivity index is 1.31. The van der Waals surface area contributed by atoms with Crippen molar-refractivity contribution in [2.24, 2.45) is 0 Å². The Morgan fingerprint density at radius 2 is 1.75 bits per heavy atom. The van der Waals surface area contributed by atoms with Crippen molar-refractivity contribution in [3.63, 3.8) is 0 Å². The van der Waals surface area contributed by atoms with E-state index in [4.69, 9.17) is 0 Å². The van der Waals surface area contributed by atoms with Crippen LogP contribution in [0.5, 0.6) is 0 Å². The third-order valence-electron chi connectivity index (χ3n) is 4.64. The van der Waals surface area contributed by atoms with Crippen LogP contribution in [0.2, 0.25) is 0 Å². The molecule has 0 radical (unpaired) electrons. The molecule has 1 aromatic heterocycles. The van der Waals surface area contributed by atoms with E-state index in [0.29, 0.717) is 6.54 Å². The van der Waals surface area contributed by atoms with Gasteiger partial charge < -0.3 is 10.3 Å². The van der Waals surface area contributed by atoms with Gasteiger partial charge in [0.2, 0.25) is 5.91 Å². The average molecular weight is 367 g/mol. The Labute approximate surface area is 164 Å². The molecule has 0 aliphatic heterocycles. The number of fused-ring (bicyclic) bond motifs is 1. The van der Waals surface area contributed by atoms with Gasteiger partial charge in [-0.15, -0.1) is 0 Å². The normalized spacial score (nSPS) is 11.1. The van der Waals surface area contributed by atoms with E-state index >= 15 is 0 Å². The molecule has 0 saturated heterocycles. The lowest BCUT2D eigenvalue weighted by atomic mass is 10.1. The number of nitrogens with one attached hydrogen (secondary N) is 2. The van der Waals surface area contributed by atoms with Crippen molar-refractivity contribution in [2.75, 3.05) is 0 Å². The highest BCUT2D eigenvalue weighted by Gasteiger charge is 2.00. The van der Waals surface area contributed by atoms with Gasteiger partial charge in [0.05, 0.1) is 6.33 Å². The number of H-pyrrole nitrogens is 1. The topological polar surface area (TPSA) is 57.8 Å². The zero-order chi connectivity index (χ0) is 19.2. The summed E-state index contributed by atoms with van der Waals surface area (Å²) in [4.78, 5) is 19.3. The first kappa shape index (κ1) is 17.7. The van der Waals surface area contributed by atoms with Crippen molar-refractivity contribution in [3.05, 3.63) is 108 Å². The maximum absolute atomic E-state index is 12.1. The molecule has 0 aliphatic rings. The number of aromatic nitrogens is 2. The van der Waals surface area contributed by atoms with Gasteiger partial charge in [-0.3, -0.25) is 4.79 Å². The summed E-state index contributed by atoms with van der Waals surface area (Å²) in [6, 6.07) is 22.6. The molecule has 4 heteroatoms. The number of hydrogen-bond donors (Lipinski definition) is 2. The highest BCUT2D eigenvalue weighted by atomic mass is 16.1. The van der Waals surface area contributed by atoms with E-state index in [1.807, 2.05) is 42.6 Å². The number of nitrogens with zero attached hydrogens (tertiary/aromatic N) is 1. The number of rotatable bonds is 6. The van der Waals surface area contributed by atoms with E-state index in [2.05, 4.69) is 51.7 Å². The standard InChI is InChI=1S/C24H21N3O/c28-24(26-15-20-9-11-21-3-1-2-4-22(21)13-20)12-10-18-5-7-19(8-6-18)14-23-16-25-17-27-23/h1-13,16-17H,14-15H2,(H,25,27)(H,26,28)/b12-10+. The molecule has 1 heterocycles. The van der Waals surface area contributed by atoms with Crippen LogP contribution in [-0.4, -0.2) is 15.9 Å². The van der Waals surface area contributed by atoms with Gasteiger partial charge in [-0.2, -0.15) is 0 Å². The van der Waals surface area contributed by atoms with Crippen LogP contribution in [-0.2, 0) is 17.8 Å². The van der Waals surface area contributed by atoms with Crippen LogP contribution in [0, 0.1) is 0 Å². The van der Waals surface area contributed by atoms with Crippen LogP contribution < -0.4 is 5.32 Å². The molecule has 28 heavy (non-hydrogen) atoms. The highest BCUT2D eigenvalue weighted by molar-refractivity contribution is 5.91. The minimum Gasteiger partial charge on any atom is -0.348 e. The second-order valence-electron chi connectivity index (χ2n) is 6.73. The monoisotopic (exact) mass is 367 g/mol. The Hall–Kier alpha value is -3.66. The predicted molar refractivity (Wildman–Crippen MR) is 113 cm³/mol. The van der Waals surface area contributed by atoms with Gasteiger partial charge in [0, 0.05) is 30.9 Å². The van der Waals surface area contributed by atoms with Gasteiger partial charge in [0.1, 0.15) is 0 Å². The molecule has 4 aromatic rings. The number of hydrogen-bond acceptors (Lipinski definition) is 2. The van der Waals surface area contributed by atoms with Gasteiger partial charge in [-0.1, -0.05) is 60.7 Å². The van der Waals surface area contributed by atoms with Gasteiger partial charge in [-0.25, -0.2) is 4.98 Å². The summed E-state index contributed by atoms with van der Waals surface area (Å²) in [6.07, 6.45) is 7.73. The summed E-state index contributed by atoms with van der Waals surface area (Å²) in [7, 11) is 0. The zero-order valence-electron chi connectivity index (χ0n) is 15.4. The molecular weight excluding hydrogens is 346 g/mol. The molecule has 0 bridgehead atoms. The summed E-state index contributed by atoms with van der Waals surface area (Å²) in [6.45, 7) is 0.511. The van der Waals surface area contributed by atoms with E-state index in [0.717, 1.165) is 23.2 Å². The van der Waals surface area contributed by atoms with Gasteiger partial charge >= 0.3 is 0 Å². The van der Waals surface area contributed by atoms with Gasteiger partial charge in [0.15, 0.2) is 0 Å². The molecule has 1 amide bonds. The van der Waals surface area contributed by atoms with Gasteiger partial charge in [-0.05, 0) is 39.6 Å². The maximum Gasteiger partial charge on any atom is 0.244 e. The molecule has 0 fully saturated rings. The second-order valence-corrected chi connectivity index (χ2v) is 6.73. The molecule has 4 rings (SSSR count). The summed E-state index contributed by atoms with van der Waals surface area (Å²) < 4.78 is 0. The Morgan fingerprint density at radius 3 is 2.54 bits per heavy atom. The summed E-state index contributed by atoms with van der Waals surface area (Å²) in [5.41, 5.74) is 4.36. The fourth-order valence-electron chi connectivity index (χ4n) is 3.12. The van der Waals surface area contributed by atoms with Crippen molar-refractivity contribution in [1.29, 1.82) is 0 Å². The molecule has 0 atom stereocenters. The van der Waals surface area contributed by atoms with Crippen LogP contribution >= 0.6 is 0 Å². The lowest BCUT2D eigenvalue weighted by Crippen LogP contribution is -2.20. The first-order valence-corrected chi connectivity index (χ1v) is 9.26. The molecule has 2 N–H and O–H groups in total. The van der Waals surface area contributed by atoms with Crippen molar-refractivity contribution in [2.45, 2.75) is 13.0 Å². The number of imidazole rings is 1. The lowest BCUT2D eigenvalue weighted by Gasteiger charge is -2.05. The summed E-state index contributed by atoms with van der Waals surface area (Å²) >= 11 is 0. The van der Waals surface area contributed by atoms with Crippen LogP contribution in [0.3, 0.4) is 0 Å². The zero-order valence-corrected chi connectivity index (χ0v) is 15.4. The third-order valence-corrected chi connectivity index (χ3v) is 4.64. The highest BCUT2D eigenvalue weighted by Crippen LogP contribution is 2.15. The van der Waals surface area contributed by atoms with Crippen LogP contribution in [0.25, 0.3) is 16.8 Å². The van der Waals surface area contributed by atoms with Crippen LogP contribution in [0.1, 0.15) is 22.4 Å². The smallest absolute Gasteiger partial charge is 0.244 e. The van der Waals surface area contributed by atoms with E-state index < -0.39 is 0 Å². The number of amides is 1. The van der Waals surface area contributed by atoms with Gasteiger partial charge in [0.25, 0.3) is 0 Å². The molecule has 138 valence electrons. The fourth-order valence-corrected chi connectivity index (χ4v) is 3.12. The van der Waals surface area contributed by atoms with Crippen molar-refractivity contribution in [3.8, 4) is 0 Å². The molecule has 4 nitrogen and oxygen atoms in total. The Bertz CT molecular complexity index is 1100. The van der Waals surface area contributed by atoms with Crippen molar-refractivity contribution in [1.82, 2.24) is 15.3 Å². The first-order valence-electron chi connectivity index (χ1n) is 9.26. The second kappa shape index (κ2) is 8.35. The number of aromatic amines is 1. The first-order chi connectivity index (χ1) is 13.8. The molecule has 0 aliphatic carbocycles. The summed E-state index contributed by atoms with van der Waals surface area (Å²) in [5.74, 6) is -0.102. The Kier molecular flexibility index (Phi) is 5.29. The minimum atomic E-state index is -0.102. The van der Waals surface area contributed by atoms with Crippen molar-refractivity contribution >= 4 is 22.8 Å². The molecule has 0 saturated carbocycles. The molecular formula is C24H21N3O. The SMILES string of the molecule is O=C(/C=C/c1ccc(Cc2cnc[nH]2)cc1)NCc1ccc2ccccc2c1. The maximum atomic E-state index is 12.1. The van der Waals surface area contributed by atoms with Crippen molar-refractivity contribution < 1.29 is 4.79 Å². The van der Waals surface area contributed by atoms with E-state index in [1.165, 1.54) is 16.3 Å². The molecule has 0 spiro atoms. The fraction of sp³-hybridized carbons (Fsp3) is 0.0833. The average Bonchev–Trinajstić information content (AvgIpc) is 3.24. The molecule has 0 unspecified atom stereocenters. The van der Waals surface area contributed by atoms with Crippen LogP contribution in [0.15, 0.2) is 85.3 Å². The van der Waals surface area contributed by atoms with E-state index in [9.17, 15) is 4.79 Å². The largest absolute Gasteiger partial charge is 0.348 e. The minimum absolute atomic E-state index is 0.102. The molecule has 3 aromatic carbocycles. The van der Waals surface area contributed by atoms with E-state index in [1.54, 1.807) is 12.4 Å². The Morgan fingerprint density at radius 1 is 0.964 bits per heavy atom. The number of carbonyl (C=O) groups excluding carboxylic acids is 1. The van der Waals surface area contributed by atoms with E-state index in [-0.39, 0.29) is 5.91 Å². The number of carbonyl (C=O) groups is 1. The third kappa shape index (κ3) is 4.54. The summed E-state index contributed by atoms with van der Waals surface area (Å²) in [5, 5.41) is 5.32. The predicted octanol–water partition coefficient (Wildman–Crippen LogP) is 4.48. The van der Waals surface area contributed by atoms with Crippen LogP contribution in [0.4, 0.5) is 0 Å². The lowest BCUT2D eigenvalue weighted by molar-refractivity contribution is -0.116.